The van der Waals surface area contributed by atoms with Crippen LogP contribution in [0, 0.1) is 17.0 Å². The number of benzene rings is 2. The fourth-order valence-electron chi connectivity index (χ4n) is 3.17. The molecule has 2 heterocycles. The summed E-state index contributed by atoms with van der Waals surface area (Å²) in [5, 5.41) is 10.8. The summed E-state index contributed by atoms with van der Waals surface area (Å²) in [5.41, 5.74) is 2.27. The van der Waals surface area contributed by atoms with E-state index in [0.717, 1.165) is 5.56 Å². The molecule has 0 N–H and O–H groups in total. The van der Waals surface area contributed by atoms with Crippen LogP contribution in [-0.4, -0.2) is 20.9 Å². The molecule has 1 aliphatic heterocycles. The van der Waals surface area contributed by atoms with Crippen molar-refractivity contribution in [1.82, 2.24) is 9.97 Å². The van der Waals surface area contributed by atoms with E-state index < -0.39 is 4.92 Å². The first-order chi connectivity index (χ1) is 13.9. The minimum absolute atomic E-state index is 0.00397. The third kappa shape index (κ3) is 3.91. The van der Waals surface area contributed by atoms with Gasteiger partial charge in [0.1, 0.15) is 11.5 Å². The molecule has 8 nitrogen and oxygen atoms in total. The molecular formula is C21H17N3O5. The highest BCUT2D eigenvalue weighted by Crippen LogP contribution is 2.37. The Morgan fingerprint density at radius 2 is 1.90 bits per heavy atom. The van der Waals surface area contributed by atoms with Gasteiger partial charge >= 0.3 is 5.97 Å². The van der Waals surface area contributed by atoms with E-state index in [0.29, 0.717) is 40.9 Å². The van der Waals surface area contributed by atoms with E-state index in [4.69, 9.17) is 9.47 Å². The Kier molecular flexibility index (Phi) is 4.67. The second-order valence-electron chi connectivity index (χ2n) is 6.86. The Bertz CT molecular complexity index is 1110. The Labute approximate surface area is 166 Å². The fourth-order valence-corrected chi connectivity index (χ4v) is 3.17. The van der Waals surface area contributed by atoms with Gasteiger partial charge in [0.25, 0.3) is 5.69 Å². The summed E-state index contributed by atoms with van der Waals surface area (Å²) in [5.74, 6) is 1.52. The molecule has 0 spiro atoms. The van der Waals surface area contributed by atoms with Crippen molar-refractivity contribution >= 4 is 11.7 Å². The molecular weight excluding hydrogens is 374 g/mol. The van der Waals surface area contributed by atoms with Gasteiger partial charge in [-0.2, -0.15) is 4.98 Å². The molecule has 0 aliphatic carbocycles. The molecule has 2 aromatic carbocycles. The molecule has 1 aromatic heterocycles. The Hall–Kier alpha value is -3.81. The second kappa shape index (κ2) is 7.31. The quantitative estimate of drug-likeness (QED) is 0.278. The summed E-state index contributed by atoms with van der Waals surface area (Å²) in [4.78, 5) is 30.8. The number of hydrogen-bond donors (Lipinski definition) is 0. The molecule has 1 unspecified atom stereocenters. The number of nitrogens with zero attached hydrogens (tertiary/aromatic N) is 3. The van der Waals surface area contributed by atoms with E-state index in [1.807, 2.05) is 13.0 Å². The average molecular weight is 391 g/mol. The van der Waals surface area contributed by atoms with Crippen LogP contribution in [0.1, 0.15) is 30.5 Å². The lowest BCUT2D eigenvalue weighted by Crippen LogP contribution is -2.18. The SMILES string of the molecule is Cc1cc(Oc2ccc3c(c2)OC(=O)CC3C)nc(-c2ccc([N+](=O)[O-])cc2)n1. The lowest BCUT2D eigenvalue weighted by molar-refractivity contribution is -0.384. The molecule has 0 amide bonds. The number of hydrogen-bond acceptors (Lipinski definition) is 7. The zero-order valence-electron chi connectivity index (χ0n) is 15.8. The minimum atomic E-state index is -0.459. The van der Waals surface area contributed by atoms with Crippen LogP contribution < -0.4 is 9.47 Å². The number of non-ortho nitro benzene ring substituents is 1. The maximum Gasteiger partial charge on any atom is 0.311 e. The summed E-state index contributed by atoms with van der Waals surface area (Å²) in [7, 11) is 0. The molecule has 4 rings (SSSR count). The topological polar surface area (TPSA) is 104 Å². The van der Waals surface area contributed by atoms with E-state index in [9.17, 15) is 14.9 Å². The van der Waals surface area contributed by atoms with Gasteiger partial charge in [0.05, 0.1) is 11.3 Å². The molecule has 8 heteroatoms. The van der Waals surface area contributed by atoms with Crippen LogP contribution in [0.15, 0.2) is 48.5 Å². The van der Waals surface area contributed by atoms with Crippen LogP contribution in [0.4, 0.5) is 5.69 Å². The van der Waals surface area contributed by atoms with Gasteiger partial charge < -0.3 is 9.47 Å². The van der Waals surface area contributed by atoms with Crippen LogP contribution in [0.2, 0.25) is 0 Å². The van der Waals surface area contributed by atoms with Crippen LogP contribution in [0.3, 0.4) is 0 Å². The van der Waals surface area contributed by atoms with Crippen LogP contribution >= 0.6 is 0 Å². The van der Waals surface area contributed by atoms with Crippen molar-refractivity contribution in [1.29, 1.82) is 0 Å². The van der Waals surface area contributed by atoms with Gasteiger partial charge in [0.15, 0.2) is 5.82 Å². The first-order valence-corrected chi connectivity index (χ1v) is 9.02. The van der Waals surface area contributed by atoms with Crippen LogP contribution in [0.5, 0.6) is 17.4 Å². The number of aromatic nitrogens is 2. The zero-order valence-corrected chi connectivity index (χ0v) is 15.8. The summed E-state index contributed by atoms with van der Waals surface area (Å²) < 4.78 is 11.2. The van der Waals surface area contributed by atoms with Crippen molar-refractivity contribution in [2.75, 3.05) is 0 Å². The third-order valence-electron chi connectivity index (χ3n) is 4.60. The normalized spacial score (nSPS) is 15.4. The molecule has 0 saturated heterocycles. The fraction of sp³-hybridized carbons (Fsp3) is 0.190. The van der Waals surface area contributed by atoms with Crippen molar-refractivity contribution in [3.8, 4) is 28.8 Å². The van der Waals surface area contributed by atoms with E-state index in [1.54, 1.807) is 37.3 Å². The lowest BCUT2D eigenvalue weighted by Gasteiger charge is -2.21. The minimum Gasteiger partial charge on any atom is -0.439 e. The highest BCUT2D eigenvalue weighted by atomic mass is 16.6. The number of rotatable bonds is 4. The summed E-state index contributed by atoms with van der Waals surface area (Å²) >= 11 is 0. The molecule has 3 aromatic rings. The summed E-state index contributed by atoms with van der Waals surface area (Å²) in [6, 6.07) is 13.0. The number of esters is 1. The summed E-state index contributed by atoms with van der Waals surface area (Å²) in [6.45, 7) is 3.78. The maximum absolute atomic E-state index is 11.7. The Balaban J connectivity index is 1.62. The molecule has 0 bridgehead atoms. The monoisotopic (exact) mass is 391 g/mol. The second-order valence-corrected chi connectivity index (χ2v) is 6.86. The van der Waals surface area contributed by atoms with E-state index >= 15 is 0 Å². The van der Waals surface area contributed by atoms with Crippen molar-refractivity contribution in [2.45, 2.75) is 26.2 Å². The highest BCUT2D eigenvalue weighted by molar-refractivity contribution is 5.76. The predicted molar refractivity (Wildman–Crippen MR) is 104 cm³/mol. The van der Waals surface area contributed by atoms with Crippen LogP contribution in [0.25, 0.3) is 11.4 Å². The van der Waals surface area contributed by atoms with Gasteiger partial charge in [0, 0.05) is 35.5 Å². The van der Waals surface area contributed by atoms with Crippen molar-refractivity contribution < 1.29 is 19.2 Å². The Morgan fingerprint density at radius 3 is 2.62 bits per heavy atom. The van der Waals surface area contributed by atoms with E-state index in [1.165, 1.54) is 12.1 Å². The average Bonchev–Trinajstić information content (AvgIpc) is 2.67. The molecule has 146 valence electrons. The Morgan fingerprint density at radius 1 is 1.14 bits per heavy atom. The van der Waals surface area contributed by atoms with Gasteiger partial charge in [-0.05, 0) is 36.6 Å². The molecule has 0 saturated carbocycles. The van der Waals surface area contributed by atoms with E-state index in [2.05, 4.69) is 9.97 Å². The summed E-state index contributed by atoms with van der Waals surface area (Å²) in [6.07, 6.45) is 0.358. The lowest BCUT2D eigenvalue weighted by atomic mass is 9.95. The highest BCUT2D eigenvalue weighted by Gasteiger charge is 2.24. The number of fused-ring (bicyclic) bond motifs is 1. The van der Waals surface area contributed by atoms with Gasteiger partial charge in [-0.25, -0.2) is 4.98 Å². The molecule has 29 heavy (non-hydrogen) atoms. The number of aryl methyl sites for hydroxylation is 1. The largest absolute Gasteiger partial charge is 0.439 e. The van der Waals surface area contributed by atoms with Crippen molar-refractivity contribution in [2.24, 2.45) is 0 Å². The maximum atomic E-state index is 11.7. The van der Waals surface area contributed by atoms with Gasteiger partial charge in [-0.1, -0.05) is 13.0 Å². The van der Waals surface area contributed by atoms with Crippen molar-refractivity contribution in [3.63, 3.8) is 0 Å². The number of carbonyl (C=O) groups is 1. The molecule has 0 radical (unpaired) electrons. The third-order valence-corrected chi connectivity index (χ3v) is 4.60. The predicted octanol–water partition coefficient (Wildman–Crippen LogP) is 4.57. The molecule has 1 atom stereocenters. The smallest absolute Gasteiger partial charge is 0.311 e. The number of carbonyl (C=O) groups excluding carboxylic acids is 1. The zero-order chi connectivity index (χ0) is 20.5. The first kappa shape index (κ1) is 18.5. The number of nitro groups is 1. The van der Waals surface area contributed by atoms with Crippen molar-refractivity contribution in [3.05, 3.63) is 69.9 Å². The standard InChI is InChI=1S/C21H17N3O5/c1-12-9-20(25)29-18-11-16(7-8-17(12)18)28-19-10-13(2)22-21(23-19)14-3-5-15(6-4-14)24(26)27/h3-8,10-12H,9H2,1-2H3. The first-order valence-electron chi connectivity index (χ1n) is 9.02. The number of nitro benzene ring substituents is 1. The van der Waals surface area contributed by atoms with E-state index in [-0.39, 0.29) is 17.6 Å². The number of ether oxygens (including phenoxy) is 2. The molecule has 0 fully saturated rings. The van der Waals surface area contributed by atoms with Crippen LogP contribution in [-0.2, 0) is 4.79 Å². The van der Waals surface area contributed by atoms with Gasteiger partial charge in [-0.3, -0.25) is 14.9 Å². The molecule has 1 aliphatic rings. The van der Waals surface area contributed by atoms with Gasteiger partial charge in [-0.15, -0.1) is 0 Å². The van der Waals surface area contributed by atoms with Gasteiger partial charge in [0.2, 0.25) is 5.88 Å².